The first-order valence-corrected chi connectivity index (χ1v) is 7.06. The first-order valence-electron chi connectivity index (χ1n) is 7.06. The third-order valence-electron chi connectivity index (χ3n) is 3.16. The highest BCUT2D eigenvalue weighted by Crippen LogP contribution is 2.19. The SMILES string of the molecule is CC(=O)Nc1cnn(CC(=O)Nc2ccc3[nH]c(C)cc3c2)n1. The largest absolute Gasteiger partial charge is 0.359 e. The van der Waals surface area contributed by atoms with Crippen molar-refractivity contribution in [2.45, 2.75) is 20.4 Å². The average Bonchev–Trinajstić information content (AvgIpc) is 3.03. The summed E-state index contributed by atoms with van der Waals surface area (Å²) in [5, 5.41) is 14.3. The minimum Gasteiger partial charge on any atom is -0.359 e. The van der Waals surface area contributed by atoms with Gasteiger partial charge in [0.15, 0.2) is 5.82 Å². The normalized spacial score (nSPS) is 10.7. The van der Waals surface area contributed by atoms with Gasteiger partial charge in [-0.25, -0.2) is 0 Å². The molecule has 2 heterocycles. The molecular weight excluding hydrogens is 296 g/mol. The number of amides is 2. The Morgan fingerprint density at radius 2 is 2.09 bits per heavy atom. The Kier molecular flexibility index (Phi) is 3.80. The lowest BCUT2D eigenvalue weighted by Gasteiger charge is -2.05. The topological polar surface area (TPSA) is 105 Å². The molecule has 0 radical (unpaired) electrons. The van der Waals surface area contributed by atoms with Gasteiger partial charge < -0.3 is 15.6 Å². The van der Waals surface area contributed by atoms with Gasteiger partial charge in [0.2, 0.25) is 11.8 Å². The van der Waals surface area contributed by atoms with Crippen LogP contribution < -0.4 is 10.6 Å². The lowest BCUT2D eigenvalue weighted by Crippen LogP contribution is -2.20. The monoisotopic (exact) mass is 312 g/mol. The van der Waals surface area contributed by atoms with Crippen LogP contribution in [0.25, 0.3) is 10.9 Å². The molecule has 118 valence electrons. The summed E-state index contributed by atoms with van der Waals surface area (Å²) in [6.07, 6.45) is 1.39. The van der Waals surface area contributed by atoms with Gasteiger partial charge in [-0.2, -0.15) is 9.90 Å². The van der Waals surface area contributed by atoms with Crippen LogP contribution in [0.1, 0.15) is 12.6 Å². The Hall–Kier alpha value is -3.16. The van der Waals surface area contributed by atoms with Crippen LogP contribution >= 0.6 is 0 Å². The van der Waals surface area contributed by atoms with Crippen molar-refractivity contribution < 1.29 is 9.59 Å². The van der Waals surface area contributed by atoms with Crippen LogP contribution in [0.2, 0.25) is 0 Å². The molecule has 8 heteroatoms. The molecule has 0 unspecified atom stereocenters. The quantitative estimate of drug-likeness (QED) is 0.681. The average molecular weight is 312 g/mol. The van der Waals surface area contributed by atoms with Crippen LogP contribution in [0.5, 0.6) is 0 Å². The fraction of sp³-hybridized carbons (Fsp3) is 0.200. The van der Waals surface area contributed by atoms with Gasteiger partial charge in [0, 0.05) is 29.2 Å². The van der Waals surface area contributed by atoms with Gasteiger partial charge in [0.05, 0.1) is 6.20 Å². The van der Waals surface area contributed by atoms with Gasteiger partial charge in [-0.15, -0.1) is 5.10 Å². The summed E-state index contributed by atoms with van der Waals surface area (Å²) < 4.78 is 0. The van der Waals surface area contributed by atoms with E-state index in [1.807, 2.05) is 31.2 Å². The summed E-state index contributed by atoms with van der Waals surface area (Å²) in [5.74, 6) is -0.173. The molecule has 3 rings (SSSR count). The molecule has 0 aliphatic rings. The number of benzene rings is 1. The van der Waals surface area contributed by atoms with E-state index in [-0.39, 0.29) is 18.4 Å². The molecule has 0 atom stereocenters. The highest BCUT2D eigenvalue weighted by Gasteiger charge is 2.08. The third kappa shape index (κ3) is 3.54. The summed E-state index contributed by atoms with van der Waals surface area (Å²) in [6, 6.07) is 7.66. The van der Waals surface area contributed by atoms with E-state index < -0.39 is 0 Å². The Morgan fingerprint density at radius 1 is 1.26 bits per heavy atom. The Balaban J connectivity index is 1.65. The van der Waals surface area contributed by atoms with Gasteiger partial charge in [0.1, 0.15) is 6.54 Å². The fourth-order valence-electron chi connectivity index (χ4n) is 2.30. The third-order valence-corrected chi connectivity index (χ3v) is 3.16. The van der Waals surface area contributed by atoms with E-state index >= 15 is 0 Å². The molecule has 0 spiro atoms. The van der Waals surface area contributed by atoms with Crippen LogP contribution in [0.4, 0.5) is 11.5 Å². The maximum atomic E-state index is 12.0. The van der Waals surface area contributed by atoms with Gasteiger partial charge in [0.25, 0.3) is 0 Å². The molecule has 0 saturated heterocycles. The van der Waals surface area contributed by atoms with Gasteiger partial charge in [-0.3, -0.25) is 9.59 Å². The number of fused-ring (bicyclic) bond motifs is 1. The number of H-pyrrole nitrogens is 1. The van der Waals surface area contributed by atoms with Crippen molar-refractivity contribution >= 4 is 34.2 Å². The van der Waals surface area contributed by atoms with Gasteiger partial charge in [-0.1, -0.05) is 0 Å². The number of carbonyl (C=O) groups excluding carboxylic acids is 2. The predicted octanol–water partition coefficient (Wildman–Crippen LogP) is 1.66. The highest BCUT2D eigenvalue weighted by atomic mass is 16.2. The number of aromatic nitrogens is 4. The van der Waals surface area contributed by atoms with Gasteiger partial charge >= 0.3 is 0 Å². The summed E-state index contributed by atoms with van der Waals surface area (Å²) in [6.45, 7) is 3.32. The number of nitrogens with zero attached hydrogens (tertiary/aromatic N) is 3. The second-order valence-electron chi connectivity index (χ2n) is 5.24. The minimum atomic E-state index is -0.249. The molecule has 1 aromatic carbocycles. The molecule has 2 amide bonds. The first kappa shape index (κ1) is 14.8. The maximum Gasteiger partial charge on any atom is 0.247 e. The van der Waals surface area contributed by atoms with E-state index in [0.717, 1.165) is 16.6 Å². The molecule has 0 aliphatic carbocycles. The van der Waals surface area contributed by atoms with E-state index in [1.165, 1.54) is 17.9 Å². The van der Waals surface area contributed by atoms with Crippen molar-refractivity contribution in [1.82, 2.24) is 20.0 Å². The van der Waals surface area contributed by atoms with Crippen LogP contribution in [0.3, 0.4) is 0 Å². The van der Waals surface area contributed by atoms with E-state index in [0.29, 0.717) is 11.5 Å². The number of nitrogens with one attached hydrogen (secondary N) is 3. The lowest BCUT2D eigenvalue weighted by molar-refractivity contribution is -0.117. The molecule has 0 aliphatic heterocycles. The zero-order valence-electron chi connectivity index (χ0n) is 12.8. The Bertz CT molecular complexity index is 879. The van der Waals surface area contributed by atoms with Crippen molar-refractivity contribution in [1.29, 1.82) is 0 Å². The van der Waals surface area contributed by atoms with Crippen molar-refractivity contribution in [3.05, 3.63) is 36.2 Å². The molecule has 3 aromatic rings. The Morgan fingerprint density at radius 3 is 2.87 bits per heavy atom. The van der Waals surface area contributed by atoms with Crippen LogP contribution in [-0.2, 0) is 16.1 Å². The van der Waals surface area contributed by atoms with Gasteiger partial charge in [-0.05, 0) is 31.2 Å². The zero-order valence-corrected chi connectivity index (χ0v) is 12.8. The van der Waals surface area contributed by atoms with E-state index in [9.17, 15) is 9.59 Å². The molecule has 8 nitrogen and oxygen atoms in total. The molecule has 2 aromatic heterocycles. The number of aryl methyl sites for hydroxylation is 1. The van der Waals surface area contributed by atoms with Crippen molar-refractivity contribution in [3.8, 4) is 0 Å². The number of hydrogen-bond acceptors (Lipinski definition) is 4. The highest BCUT2D eigenvalue weighted by molar-refractivity contribution is 5.93. The molecule has 0 saturated carbocycles. The molecule has 3 N–H and O–H groups in total. The van der Waals surface area contributed by atoms with Crippen molar-refractivity contribution in [3.63, 3.8) is 0 Å². The summed E-state index contributed by atoms with van der Waals surface area (Å²) >= 11 is 0. The smallest absolute Gasteiger partial charge is 0.247 e. The lowest BCUT2D eigenvalue weighted by atomic mass is 10.2. The van der Waals surface area contributed by atoms with E-state index in [2.05, 4.69) is 25.8 Å². The number of carbonyl (C=O) groups is 2. The Labute approximate surface area is 131 Å². The molecular formula is C15H16N6O2. The zero-order chi connectivity index (χ0) is 16.4. The number of anilines is 2. The van der Waals surface area contributed by atoms with E-state index in [1.54, 1.807) is 0 Å². The summed E-state index contributed by atoms with van der Waals surface area (Å²) in [4.78, 5) is 27.4. The van der Waals surface area contributed by atoms with Crippen LogP contribution in [0, 0.1) is 6.92 Å². The van der Waals surface area contributed by atoms with Crippen LogP contribution in [-0.4, -0.2) is 31.8 Å². The summed E-state index contributed by atoms with van der Waals surface area (Å²) in [5.41, 5.74) is 2.79. The number of rotatable bonds is 4. The molecule has 0 bridgehead atoms. The van der Waals surface area contributed by atoms with Crippen LogP contribution in [0.15, 0.2) is 30.5 Å². The standard InChI is InChI=1S/C15H16N6O2/c1-9-5-11-6-12(3-4-13(11)17-9)19-15(23)8-21-16-7-14(20-21)18-10(2)22/h3-7,17H,8H2,1-2H3,(H,19,23)(H,18,20,22). The maximum absolute atomic E-state index is 12.0. The fourth-order valence-corrected chi connectivity index (χ4v) is 2.30. The first-order chi connectivity index (χ1) is 11.0. The van der Waals surface area contributed by atoms with Crippen molar-refractivity contribution in [2.75, 3.05) is 10.6 Å². The molecule has 0 fully saturated rings. The second kappa shape index (κ2) is 5.91. The molecule has 23 heavy (non-hydrogen) atoms. The predicted molar refractivity (Wildman–Crippen MR) is 86.0 cm³/mol. The number of aromatic amines is 1. The summed E-state index contributed by atoms with van der Waals surface area (Å²) in [7, 11) is 0. The van der Waals surface area contributed by atoms with Crippen molar-refractivity contribution in [2.24, 2.45) is 0 Å². The second-order valence-corrected chi connectivity index (χ2v) is 5.24. The van der Waals surface area contributed by atoms with E-state index in [4.69, 9.17) is 0 Å². The minimum absolute atomic E-state index is 0.0379. The number of hydrogen-bond donors (Lipinski definition) is 3.